The normalized spacial score (nSPS) is 10.8. The maximum absolute atomic E-state index is 13.7. The van der Waals surface area contributed by atoms with Crippen LogP contribution in [0.4, 0.5) is 14.5 Å². The van der Waals surface area contributed by atoms with Gasteiger partial charge in [-0.05, 0) is 42.5 Å². The molecule has 1 amide bonds. The fraction of sp³-hybridized carbons (Fsp3) is 0. The third-order valence-electron chi connectivity index (χ3n) is 3.85. The minimum absolute atomic E-state index is 0.0706. The van der Waals surface area contributed by atoms with Gasteiger partial charge in [-0.1, -0.05) is 12.1 Å². The summed E-state index contributed by atoms with van der Waals surface area (Å²) in [5, 5.41) is 6.75. The second-order valence-corrected chi connectivity index (χ2v) is 5.57. The number of hydrogen-bond acceptors (Lipinski definition) is 3. The minimum Gasteiger partial charge on any atom is -0.318 e. The number of nitrogens with one attached hydrogen (secondary N) is 1. The van der Waals surface area contributed by atoms with Crippen LogP contribution in [0, 0.1) is 11.6 Å². The standard InChI is InChI=1S/C19H12F2N4O/c20-13-7-5-12(6-8-13)17-9-10-22-18-11-16(24-25(17)18)19(26)23-15-4-2-1-3-14(15)21/h1-11H,(H,23,26). The summed E-state index contributed by atoms with van der Waals surface area (Å²) in [6.45, 7) is 0. The van der Waals surface area contributed by atoms with Gasteiger partial charge in [-0.3, -0.25) is 4.79 Å². The number of carbonyl (C=O) groups is 1. The van der Waals surface area contributed by atoms with Gasteiger partial charge < -0.3 is 5.32 Å². The van der Waals surface area contributed by atoms with E-state index in [2.05, 4.69) is 15.4 Å². The van der Waals surface area contributed by atoms with Crippen LogP contribution in [0.2, 0.25) is 0 Å². The van der Waals surface area contributed by atoms with Crippen LogP contribution in [-0.2, 0) is 0 Å². The molecular formula is C19H12F2N4O. The highest BCUT2D eigenvalue weighted by Crippen LogP contribution is 2.21. The molecule has 2 aromatic carbocycles. The van der Waals surface area contributed by atoms with Gasteiger partial charge >= 0.3 is 0 Å². The van der Waals surface area contributed by atoms with Gasteiger partial charge in [0.25, 0.3) is 5.91 Å². The smallest absolute Gasteiger partial charge is 0.276 e. The zero-order valence-corrected chi connectivity index (χ0v) is 13.4. The van der Waals surface area contributed by atoms with Gasteiger partial charge in [0, 0.05) is 17.8 Å². The van der Waals surface area contributed by atoms with E-state index < -0.39 is 11.7 Å². The molecule has 2 aromatic heterocycles. The van der Waals surface area contributed by atoms with Crippen molar-refractivity contribution in [2.75, 3.05) is 5.32 Å². The average Bonchev–Trinajstić information content (AvgIpc) is 3.09. The SMILES string of the molecule is O=C(Nc1ccccc1F)c1cc2nccc(-c3ccc(F)cc3)n2n1. The summed E-state index contributed by atoms with van der Waals surface area (Å²) in [6.07, 6.45) is 1.58. The van der Waals surface area contributed by atoms with Crippen molar-refractivity contribution >= 4 is 17.2 Å². The van der Waals surface area contributed by atoms with Crippen LogP contribution in [0.25, 0.3) is 16.9 Å². The highest BCUT2D eigenvalue weighted by molar-refractivity contribution is 6.03. The molecule has 0 saturated heterocycles. The Morgan fingerprint density at radius 2 is 1.77 bits per heavy atom. The second-order valence-electron chi connectivity index (χ2n) is 5.57. The number of hydrogen-bond donors (Lipinski definition) is 1. The Bertz CT molecular complexity index is 1110. The molecule has 7 heteroatoms. The Labute approximate surface area is 146 Å². The Hall–Kier alpha value is -3.61. The number of para-hydroxylation sites is 1. The van der Waals surface area contributed by atoms with Crippen molar-refractivity contribution in [2.24, 2.45) is 0 Å². The molecule has 4 aromatic rings. The summed E-state index contributed by atoms with van der Waals surface area (Å²) in [6, 6.07) is 15.0. The predicted octanol–water partition coefficient (Wildman–Crippen LogP) is 3.93. The summed E-state index contributed by atoms with van der Waals surface area (Å²) in [4.78, 5) is 16.6. The Kier molecular flexibility index (Phi) is 3.89. The molecule has 0 unspecified atom stereocenters. The molecular weight excluding hydrogens is 338 g/mol. The first-order valence-electron chi connectivity index (χ1n) is 7.78. The molecule has 0 saturated carbocycles. The van der Waals surface area contributed by atoms with Gasteiger partial charge in [0.2, 0.25) is 0 Å². The Morgan fingerprint density at radius 3 is 2.54 bits per heavy atom. The molecule has 0 spiro atoms. The van der Waals surface area contributed by atoms with E-state index in [1.807, 2.05) is 0 Å². The van der Waals surface area contributed by atoms with Crippen LogP contribution in [0.5, 0.6) is 0 Å². The molecule has 0 aliphatic rings. The minimum atomic E-state index is -0.550. The molecule has 0 radical (unpaired) electrons. The Balaban J connectivity index is 1.72. The van der Waals surface area contributed by atoms with Crippen LogP contribution >= 0.6 is 0 Å². The summed E-state index contributed by atoms with van der Waals surface area (Å²) in [5.74, 6) is -1.43. The van der Waals surface area contributed by atoms with Crippen molar-refractivity contribution in [1.29, 1.82) is 0 Å². The molecule has 4 rings (SSSR count). The summed E-state index contributed by atoms with van der Waals surface area (Å²) < 4.78 is 28.3. The monoisotopic (exact) mass is 350 g/mol. The molecule has 0 atom stereocenters. The Morgan fingerprint density at radius 1 is 1.00 bits per heavy atom. The first kappa shape index (κ1) is 15.9. The highest BCUT2D eigenvalue weighted by atomic mass is 19.1. The van der Waals surface area contributed by atoms with E-state index >= 15 is 0 Å². The predicted molar refractivity (Wildman–Crippen MR) is 92.7 cm³/mol. The third-order valence-corrected chi connectivity index (χ3v) is 3.85. The number of fused-ring (bicyclic) bond motifs is 1. The second kappa shape index (κ2) is 6.36. The number of benzene rings is 2. The number of rotatable bonds is 3. The van der Waals surface area contributed by atoms with E-state index in [-0.39, 0.29) is 17.2 Å². The summed E-state index contributed by atoms with van der Waals surface area (Å²) in [5.41, 5.74) is 1.99. The fourth-order valence-corrected chi connectivity index (χ4v) is 2.59. The first-order chi connectivity index (χ1) is 12.6. The number of anilines is 1. The van der Waals surface area contributed by atoms with E-state index in [4.69, 9.17) is 0 Å². The number of carbonyl (C=O) groups excluding carboxylic acids is 1. The molecule has 26 heavy (non-hydrogen) atoms. The van der Waals surface area contributed by atoms with Crippen molar-refractivity contribution < 1.29 is 13.6 Å². The maximum atomic E-state index is 13.7. The van der Waals surface area contributed by atoms with Gasteiger partial charge in [-0.15, -0.1) is 0 Å². The lowest BCUT2D eigenvalue weighted by atomic mass is 10.1. The van der Waals surface area contributed by atoms with Crippen LogP contribution in [-0.4, -0.2) is 20.5 Å². The van der Waals surface area contributed by atoms with Crippen molar-refractivity contribution in [3.8, 4) is 11.3 Å². The quantitative estimate of drug-likeness (QED) is 0.609. The fourth-order valence-electron chi connectivity index (χ4n) is 2.59. The number of amides is 1. The van der Waals surface area contributed by atoms with Crippen molar-refractivity contribution in [2.45, 2.75) is 0 Å². The lowest BCUT2D eigenvalue weighted by Gasteiger charge is -2.05. The van der Waals surface area contributed by atoms with Crippen LogP contribution in [0.15, 0.2) is 66.9 Å². The van der Waals surface area contributed by atoms with Gasteiger partial charge in [-0.2, -0.15) is 5.10 Å². The topological polar surface area (TPSA) is 59.3 Å². The number of aromatic nitrogens is 3. The largest absolute Gasteiger partial charge is 0.318 e. The van der Waals surface area contributed by atoms with E-state index in [0.717, 1.165) is 5.56 Å². The lowest BCUT2D eigenvalue weighted by Crippen LogP contribution is -2.13. The average molecular weight is 350 g/mol. The maximum Gasteiger partial charge on any atom is 0.276 e. The van der Waals surface area contributed by atoms with Crippen molar-refractivity contribution in [1.82, 2.24) is 14.6 Å². The first-order valence-corrected chi connectivity index (χ1v) is 7.78. The molecule has 0 aliphatic carbocycles. The van der Waals surface area contributed by atoms with Crippen molar-refractivity contribution in [3.05, 3.63) is 84.2 Å². The van der Waals surface area contributed by atoms with E-state index in [9.17, 15) is 13.6 Å². The van der Waals surface area contributed by atoms with E-state index in [1.165, 1.54) is 40.9 Å². The van der Waals surface area contributed by atoms with Gasteiger partial charge in [-0.25, -0.2) is 18.3 Å². The summed E-state index contributed by atoms with van der Waals surface area (Å²) >= 11 is 0. The molecule has 0 fully saturated rings. The van der Waals surface area contributed by atoms with Gasteiger partial charge in [0.1, 0.15) is 11.6 Å². The third kappa shape index (κ3) is 2.90. The lowest BCUT2D eigenvalue weighted by molar-refractivity contribution is 0.102. The van der Waals surface area contributed by atoms with E-state index in [1.54, 1.807) is 30.5 Å². The molecule has 1 N–H and O–H groups in total. The zero-order valence-electron chi connectivity index (χ0n) is 13.4. The summed E-state index contributed by atoms with van der Waals surface area (Å²) in [7, 11) is 0. The zero-order chi connectivity index (χ0) is 18.1. The van der Waals surface area contributed by atoms with Gasteiger partial charge in [0.05, 0.1) is 11.4 Å². The molecule has 2 heterocycles. The van der Waals surface area contributed by atoms with Crippen LogP contribution in [0.3, 0.4) is 0 Å². The van der Waals surface area contributed by atoms with Crippen molar-refractivity contribution in [3.63, 3.8) is 0 Å². The van der Waals surface area contributed by atoms with Gasteiger partial charge in [0.15, 0.2) is 11.3 Å². The number of nitrogens with zero attached hydrogens (tertiary/aromatic N) is 3. The van der Waals surface area contributed by atoms with Crippen LogP contribution < -0.4 is 5.32 Å². The number of halogens is 2. The van der Waals surface area contributed by atoms with Crippen LogP contribution in [0.1, 0.15) is 10.5 Å². The molecule has 128 valence electrons. The molecule has 0 aliphatic heterocycles. The molecule has 0 bridgehead atoms. The highest BCUT2D eigenvalue weighted by Gasteiger charge is 2.15. The molecule has 5 nitrogen and oxygen atoms in total. The van der Waals surface area contributed by atoms with E-state index in [0.29, 0.717) is 11.3 Å².